The summed E-state index contributed by atoms with van der Waals surface area (Å²) in [5, 5.41) is 5.93. The number of ether oxygens (including phenoxy) is 1. The third-order valence-corrected chi connectivity index (χ3v) is 5.05. The second-order valence-corrected chi connectivity index (χ2v) is 8.90. The Morgan fingerprint density at radius 3 is 2.20 bits per heavy atom. The molecule has 1 aromatic carbocycles. The highest BCUT2D eigenvalue weighted by Gasteiger charge is 2.32. The van der Waals surface area contributed by atoms with E-state index in [0.29, 0.717) is 18.5 Å². The van der Waals surface area contributed by atoms with E-state index in [2.05, 4.69) is 10.6 Å². The summed E-state index contributed by atoms with van der Waals surface area (Å²) >= 11 is 0. The highest BCUT2D eigenvalue weighted by atomic mass is 32.2. The number of alkyl halides is 2. The summed E-state index contributed by atoms with van der Waals surface area (Å²) in [7, 11) is -4.57. The summed E-state index contributed by atoms with van der Waals surface area (Å²) in [6.45, 7) is 5.36. The summed E-state index contributed by atoms with van der Waals surface area (Å²) in [5.74, 6) is -3.43. The molecule has 1 aliphatic rings. The van der Waals surface area contributed by atoms with Gasteiger partial charge in [-0.05, 0) is 57.9 Å². The van der Waals surface area contributed by atoms with Gasteiger partial charge in [0.25, 0.3) is 0 Å². The topological polar surface area (TPSA) is 84.5 Å². The van der Waals surface area contributed by atoms with E-state index in [0.717, 1.165) is 12.1 Å². The second kappa shape index (κ2) is 7.15. The average molecular weight is 376 g/mol. The molecule has 0 heterocycles. The highest BCUT2D eigenvalue weighted by Crippen LogP contribution is 2.26. The molecule has 0 atom stereocenters. The fraction of sp³-hybridized carbons (Fsp3) is 0.562. The first-order valence-electron chi connectivity index (χ1n) is 7.85. The van der Waals surface area contributed by atoms with Crippen LogP contribution in [0.5, 0.6) is 0 Å². The number of amides is 1. The number of rotatable bonds is 5. The normalized spacial score (nSPS) is 20.7. The van der Waals surface area contributed by atoms with Crippen LogP contribution in [-0.2, 0) is 14.6 Å². The van der Waals surface area contributed by atoms with E-state index in [-0.39, 0.29) is 12.1 Å². The van der Waals surface area contributed by atoms with Gasteiger partial charge in [-0.15, -0.1) is 0 Å². The van der Waals surface area contributed by atoms with Crippen molar-refractivity contribution in [2.75, 3.05) is 5.32 Å². The van der Waals surface area contributed by atoms with Crippen molar-refractivity contribution in [2.24, 2.45) is 0 Å². The fourth-order valence-corrected chi connectivity index (χ4v) is 3.13. The molecular formula is C16H22F2N2O4S. The summed E-state index contributed by atoms with van der Waals surface area (Å²) < 4.78 is 52.8. The fourth-order valence-electron chi connectivity index (χ4n) is 2.41. The van der Waals surface area contributed by atoms with Crippen molar-refractivity contribution in [1.29, 1.82) is 0 Å². The Bertz CT molecular complexity index is 709. The Labute approximate surface area is 145 Å². The van der Waals surface area contributed by atoms with Gasteiger partial charge in [0, 0.05) is 17.8 Å². The first-order chi connectivity index (χ1) is 11.5. The molecule has 0 saturated heterocycles. The molecule has 0 aromatic heterocycles. The number of sulfone groups is 1. The molecule has 1 aliphatic carbocycles. The van der Waals surface area contributed by atoms with Crippen LogP contribution >= 0.6 is 0 Å². The van der Waals surface area contributed by atoms with Gasteiger partial charge in [-0.1, -0.05) is 0 Å². The molecule has 0 spiro atoms. The molecule has 6 nitrogen and oxygen atoms in total. The number of nitrogens with one attached hydrogen (secondary N) is 2. The van der Waals surface area contributed by atoms with Crippen LogP contribution < -0.4 is 10.6 Å². The van der Waals surface area contributed by atoms with Crippen molar-refractivity contribution in [1.82, 2.24) is 5.32 Å². The minimum atomic E-state index is -4.57. The molecule has 1 fully saturated rings. The van der Waals surface area contributed by atoms with Crippen molar-refractivity contribution in [2.45, 2.75) is 62.0 Å². The van der Waals surface area contributed by atoms with Gasteiger partial charge in [0.05, 0.1) is 4.90 Å². The first kappa shape index (κ1) is 19.4. The average Bonchev–Trinajstić information content (AvgIpc) is 2.43. The van der Waals surface area contributed by atoms with E-state index in [1.807, 2.05) is 0 Å². The lowest BCUT2D eigenvalue weighted by molar-refractivity contribution is 0.0475. The number of halogens is 2. The Morgan fingerprint density at radius 2 is 1.72 bits per heavy atom. The number of hydrogen-bond acceptors (Lipinski definition) is 5. The van der Waals surface area contributed by atoms with Gasteiger partial charge in [0.1, 0.15) is 5.60 Å². The Balaban J connectivity index is 1.81. The number of benzene rings is 1. The van der Waals surface area contributed by atoms with E-state index in [9.17, 15) is 22.0 Å². The lowest BCUT2D eigenvalue weighted by atomic mass is 9.86. The highest BCUT2D eigenvalue weighted by molar-refractivity contribution is 7.91. The predicted molar refractivity (Wildman–Crippen MR) is 89.4 cm³/mol. The summed E-state index contributed by atoms with van der Waals surface area (Å²) in [4.78, 5) is 11.2. The summed E-state index contributed by atoms with van der Waals surface area (Å²) in [5.41, 5.74) is 0.0835. The van der Waals surface area contributed by atoms with Crippen LogP contribution in [0.15, 0.2) is 29.2 Å². The lowest BCUT2D eigenvalue weighted by Gasteiger charge is -2.37. The summed E-state index contributed by atoms with van der Waals surface area (Å²) in [6.07, 6.45) is 0.921. The lowest BCUT2D eigenvalue weighted by Crippen LogP contribution is -2.50. The Hall–Kier alpha value is -1.90. The van der Waals surface area contributed by atoms with E-state index in [4.69, 9.17) is 4.74 Å². The zero-order chi connectivity index (χ0) is 18.8. The SMILES string of the molecule is CC(C)(C)OC(=O)NC1CC(Nc2ccc(S(=O)(=O)C(F)F)cc2)C1. The maximum Gasteiger partial charge on any atom is 0.407 e. The number of hydrogen-bond donors (Lipinski definition) is 2. The molecule has 1 aromatic rings. The first-order valence-corrected chi connectivity index (χ1v) is 9.40. The molecule has 1 amide bonds. The predicted octanol–water partition coefficient (Wildman–Crippen LogP) is 3.15. The molecule has 25 heavy (non-hydrogen) atoms. The van der Waals surface area contributed by atoms with Crippen LogP contribution in [-0.4, -0.2) is 38.0 Å². The Morgan fingerprint density at radius 1 is 1.16 bits per heavy atom. The minimum absolute atomic E-state index is 0.00540. The zero-order valence-electron chi connectivity index (χ0n) is 14.3. The van der Waals surface area contributed by atoms with Crippen LogP contribution in [0, 0.1) is 0 Å². The van der Waals surface area contributed by atoms with Crippen molar-refractivity contribution in [3.05, 3.63) is 24.3 Å². The van der Waals surface area contributed by atoms with E-state index in [1.54, 1.807) is 20.8 Å². The monoisotopic (exact) mass is 376 g/mol. The maximum atomic E-state index is 12.5. The van der Waals surface area contributed by atoms with Gasteiger partial charge in [0.15, 0.2) is 0 Å². The molecule has 2 rings (SSSR count). The van der Waals surface area contributed by atoms with Gasteiger partial charge in [0.2, 0.25) is 9.84 Å². The third-order valence-electron chi connectivity index (χ3n) is 3.65. The van der Waals surface area contributed by atoms with Gasteiger partial charge < -0.3 is 15.4 Å². The van der Waals surface area contributed by atoms with Gasteiger partial charge in [-0.3, -0.25) is 0 Å². The second-order valence-electron chi connectivity index (χ2n) is 6.99. The Kier molecular flexibility index (Phi) is 5.55. The maximum absolute atomic E-state index is 12.5. The van der Waals surface area contributed by atoms with E-state index >= 15 is 0 Å². The van der Waals surface area contributed by atoms with E-state index in [1.165, 1.54) is 12.1 Å². The van der Waals surface area contributed by atoms with Crippen LogP contribution in [0.1, 0.15) is 33.6 Å². The molecule has 2 N–H and O–H groups in total. The zero-order valence-corrected chi connectivity index (χ0v) is 15.1. The summed E-state index contributed by atoms with van der Waals surface area (Å²) in [6, 6.07) is 5.31. The number of anilines is 1. The van der Waals surface area contributed by atoms with Crippen molar-refractivity contribution < 1.29 is 26.7 Å². The van der Waals surface area contributed by atoms with Crippen LogP contribution in [0.25, 0.3) is 0 Å². The van der Waals surface area contributed by atoms with Crippen LogP contribution in [0.3, 0.4) is 0 Å². The molecular weight excluding hydrogens is 354 g/mol. The standard InChI is InChI=1S/C16H22F2N2O4S/c1-16(2,3)24-15(21)20-12-8-11(9-12)19-10-4-6-13(7-5-10)25(22,23)14(17)18/h4-7,11-12,14,19H,8-9H2,1-3H3,(H,20,21). The molecule has 0 radical (unpaired) electrons. The molecule has 0 aliphatic heterocycles. The van der Waals surface area contributed by atoms with Crippen molar-refractivity contribution in [3.63, 3.8) is 0 Å². The largest absolute Gasteiger partial charge is 0.444 e. The van der Waals surface area contributed by atoms with Crippen molar-refractivity contribution >= 4 is 21.6 Å². The van der Waals surface area contributed by atoms with E-state index < -0.39 is 32.2 Å². The quantitative estimate of drug-likeness (QED) is 0.825. The number of alkyl carbamates (subject to hydrolysis) is 1. The van der Waals surface area contributed by atoms with Crippen LogP contribution in [0.4, 0.5) is 19.3 Å². The molecule has 0 unspecified atom stereocenters. The van der Waals surface area contributed by atoms with Crippen molar-refractivity contribution in [3.8, 4) is 0 Å². The molecule has 140 valence electrons. The number of carbonyl (C=O) groups is 1. The minimum Gasteiger partial charge on any atom is -0.444 e. The smallest absolute Gasteiger partial charge is 0.407 e. The van der Waals surface area contributed by atoms with Gasteiger partial charge in [-0.2, -0.15) is 8.78 Å². The van der Waals surface area contributed by atoms with Crippen LogP contribution in [0.2, 0.25) is 0 Å². The van der Waals surface area contributed by atoms with Gasteiger partial charge >= 0.3 is 11.9 Å². The van der Waals surface area contributed by atoms with Gasteiger partial charge in [-0.25, -0.2) is 13.2 Å². The number of carbonyl (C=O) groups excluding carboxylic acids is 1. The third kappa shape index (κ3) is 5.29. The molecule has 1 saturated carbocycles. The molecule has 0 bridgehead atoms. The molecule has 9 heteroatoms.